The summed E-state index contributed by atoms with van der Waals surface area (Å²) in [5, 5.41) is 0. The van der Waals surface area contributed by atoms with Gasteiger partial charge in [-0.25, -0.2) is 8.42 Å². The van der Waals surface area contributed by atoms with Crippen LogP contribution in [0.2, 0.25) is 0 Å². The largest absolute Gasteiger partial charge is 0.218 e. The number of hydrogen-bond acceptors (Lipinski definition) is 4. The molecule has 0 aliphatic carbocycles. The molecule has 0 saturated heterocycles. The molecule has 0 saturated carbocycles. The van der Waals surface area contributed by atoms with E-state index in [4.69, 9.17) is 0 Å². The molecule has 0 aliphatic rings. The number of rotatable bonds is 4. The third kappa shape index (κ3) is 8.65. The van der Waals surface area contributed by atoms with Crippen molar-refractivity contribution in [1.29, 1.82) is 0 Å². The molecule has 56 valence electrons. The third-order valence-corrected chi connectivity index (χ3v) is 4.04. The van der Waals surface area contributed by atoms with Crippen molar-refractivity contribution < 1.29 is 8.42 Å². The van der Waals surface area contributed by atoms with Gasteiger partial charge >= 0.3 is 0 Å². The Hall–Kier alpha value is 0.650. The SMILES string of the molecule is CSCCSS(C)(=O)=O. The zero-order valence-electron chi connectivity index (χ0n) is 5.46. The molecule has 0 aliphatic heterocycles. The van der Waals surface area contributed by atoms with Gasteiger partial charge in [0.1, 0.15) is 0 Å². The summed E-state index contributed by atoms with van der Waals surface area (Å²) < 4.78 is 20.9. The summed E-state index contributed by atoms with van der Waals surface area (Å²) in [5.41, 5.74) is 0. The van der Waals surface area contributed by atoms with E-state index in [0.717, 1.165) is 16.5 Å². The summed E-state index contributed by atoms with van der Waals surface area (Å²) in [4.78, 5) is 0. The van der Waals surface area contributed by atoms with Crippen molar-refractivity contribution in [3.8, 4) is 0 Å². The molecule has 0 N–H and O–H groups in total. The van der Waals surface area contributed by atoms with Crippen LogP contribution in [-0.2, 0) is 8.87 Å². The summed E-state index contributed by atoms with van der Waals surface area (Å²) in [6.45, 7) is 0. The second kappa shape index (κ2) is 4.46. The van der Waals surface area contributed by atoms with Gasteiger partial charge in [0.25, 0.3) is 0 Å². The average molecular weight is 186 g/mol. The predicted octanol–water partition coefficient (Wildman–Crippen LogP) is 1.04. The molecule has 0 bridgehead atoms. The average Bonchev–Trinajstić information content (AvgIpc) is 1.63. The molecule has 0 radical (unpaired) electrons. The topological polar surface area (TPSA) is 34.1 Å². The third-order valence-electron chi connectivity index (χ3n) is 0.585. The summed E-state index contributed by atoms with van der Waals surface area (Å²) in [5.74, 6) is 1.59. The molecule has 0 aromatic heterocycles. The fourth-order valence-corrected chi connectivity index (χ4v) is 3.03. The lowest BCUT2D eigenvalue weighted by Gasteiger charge is -1.93. The van der Waals surface area contributed by atoms with Crippen LogP contribution in [0.25, 0.3) is 0 Å². The lowest BCUT2D eigenvalue weighted by Crippen LogP contribution is -1.91. The van der Waals surface area contributed by atoms with Gasteiger partial charge in [0.2, 0.25) is 0 Å². The summed E-state index contributed by atoms with van der Waals surface area (Å²) in [6, 6.07) is 0. The van der Waals surface area contributed by atoms with E-state index < -0.39 is 8.87 Å². The first-order valence-electron chi connectivity index (χ1n) is 2.39. The van der Waals surface area contributed by atoms with Crippen LogP contribution >= 0.6 is 22.6 Å². The van der Waals surface area contributed by atoms with Crippen molar-refractivity contribution in [2.75, 3.05) is 24.0 Å². The monoisotopic (exact) mass is 186 g/mol. The van der Waals surface area contributed by atoms with Gasteiger partial charge in [0.05, 0.1) is 0 Å². The van der Waals surface area contributed by atoms with Gasteiger partial charge in [-0.2, -0.15) is 11.8 Å². The van der Waals surface area contributed by atoms with E-state index in [1.54, 1.807) is 11.8 Å². The Bertz CT molecular complexity index is 149. The van der Waals surface area contributed by atoms with Gasteiger partial charge in [0.15, 0.2) is 8.87 Å². The molecular formula is C4H10O2S3. The maximum Gasteiger partial charge on any atom is 0.198 e. The molecule has 0 aromatic rings. The molecule has 5 heteroatoms. The molecule has 0 amide bonds. The molecule has 0 unspecified atom stereocenters. The number of hydrogen-bond donors (Lipinski definition) is 0. The lowest BCUT2D eigenvalue weighted by atomic mass is 11.0. The molecule has 0 aromatic carbocycles. The Labute approximate surface area is 64.1 Å². The minimum Gasteiger partial charge on any atom is -0.218 e. The highest BCUT2D eigenvalue weighted by atomic mass is 33.1. The van der Waals surface area contributed by atoms with Gasteiger partial charge < -0.3 is 0 Å². The van der Waals surface area contributed by atoms with Gasteiger partial charge in [-0.05, 0) is 17.0 Å². The fraction of sp³-hybridized carbons (Fsp3) is 1.00. The minimum absolute atomic E-state index is 0.694. The minimum atomic E-state index is -2.79. The quantitative estimate of drug-likeness (QED) is 0.485. The second-order valence-corrected chi connectivity index (χ2v) is 7.08. The smallest absolute Gasteiger partial charge is 0.198 e. The van der Waals surface area contributed by atoms with Gasteiger partial charge in [-0.3, -0.25) is 0 Å². The van der Waals surface area contributed by atoms with Crippen molar-refractivity contribution in [2.24, 2.45) is 0 Å². The van der Waals surface area contributed by atoms with E-state index in [0.29, 0.717) is 5.75 Å². The molecule has 2 nitrogen and oxygen atoms in total. The summed E-state index contributed by atoms with van der Waals surface area (Å²) in [7, 11) is -1.78. The van der Waals surface area contributed by atoms with Crippen molar-refractivity contribution in [2.45, 2.75) is 0 Å². The Morgan fingerprint density at radius 2 is 1.89 bits per heavy atom. The Morgan fingerprint density at radius 1 is 1.33 bits per heavy atom. The molecule has 0 rings (SSSR count). The second-order valence-electron chi connectivity index (χ2n) is 1.52. The Kier molecular flexibility index (Phi) is 4.79. The maximum absolute atomic E-state index is 10.5. The van der Waals surface area contributed by atoms with Crippen LogP contribution in [0.3, 0.4) is 0 Å². The molecule has 0 fully saturated rings. The highest BCUT2D eigenvalue weighted by Gasteiger charge is 1.99. The first kappa shape index (κ1) is 9.65. The van der Waals surface area contributed by atoms with Crippen LogP contribution < -0.4 is 0 Å². The van der Waals surface area contributed by atoms with E-state index in [1.165, 1.54) is 6.26 Å². The first-order chi connectivity index (χ1) is 4.06. The molecule has 0 heterocycles. The van der Waals surface area contributed by atoms with E-state index in [9.17, 15) is 8.42 Å². The van der Waals surface area contributed by atoms with Gasteiger partial charge in [0, 0.05) is 17.8 Å². The van der Waals surface area contributed by atoms with Crippen LogP contribution in [-0.4, -0.2) is 32.4 Å². The van der Waals surface area contributed by atoms with Crippen molar-refractivity contribution in [3.63, 3.8) is 0 Å². The molecule has 9 heavy (non-hydrogen) atoms. The van der Waals surface area contributed by atoms with E-state index in [1.807, 2.05) is 6.26 Å². The van der Waals surface area contributed by atoms with Crippen LogP contribution in [0.1, 0.15) is 0 Å². The molecule has 0 atom stereocenters. The molecular weight excluding hydrogens is 176 g/mol. The molecule has 0 spiro atoms. The van der Waals surface area contributed by atoms with Crippen LogP contribution in [0.15, 0.2) is 0 Å². The Morgan fingerprint density at radius 3 is 2.22 bits per heavy atom. The maximum atomic E-state index is 10.5. The highest BCUT2D eigenvalue weighted by Crippen LogP contribution is 2.10. The van der Waals surface area contributed by atoms with E-state index in [-0.39, 0.29) is 0 Å². The van der Waals surface area contributed by atoms with E-state index in [2.05, 4.69) is 0 Å². The first-order valence-corrected chi connectivity index (χ1v) is 7.18. The van der Waals surface area contributed by atoms with Crippen LogP contribution in [0.5, 0.6) is 0 Å². The fourth-order valence-electron chi connectivity index (χ4n) is 0.269. The van der Waals surface area contributed by atoms with Crippen molar-refractivity contribution in [3.05, 3.63) is 0 Å². The predicted molar refractivity (Wildman–Crippen MR) is 45.7 cm³/mol. The lowest BCUT2D eigenvalue weighted by molar-refractivity contribution is 0.615. The van der Waals surface area contributed by atoms with Crippen molar-refractivity contribution in [1.82, 2.24) is 0 Å². The summed E-state index contributed by atoms with van der Waals surface area (Å²) >= 11 is 1.66. The summed E-state index contributed by atoms with van der Waals surface area (Å²) in [6.07, 6.45) is 3.20. The van der Waals surface area contributed by atoms with E-state index >= 15 is 0 Å². The zero-order chi connectivity index (χ0) is 7.33. The highest BCUT2D eigenvalue weighted by molar-refractivity contribution is 8.71. The van der Waals surface area contributed by atoms with Gasteiger partial charge in [-0.15, -0.1) is 0 Å². The van der Waals surface area contributed by atoms with Gasteiger partial charge in [-0.1, -0.05) is 0 Å². The number of thioether (sulfide) groups is 1. The van der Waals surface area contributed by atoms with Crippen LogP contribution in [0, 0.1) is 0 Å². The van der Waals surface area contributed by atoms with Crippen LogP contribution in [0.4, 0.5) is 0 Å². The normalized spacial score (nSPS) is 11.8. The Balaban J connectivity index is 3.30. The zero-order valence-corrected chi connectivity index (χ0v) is 7.90. The standard InChI is InChI=1S/C4H10O2S3/c1-7-3-4-8-9(2,5)6/h3-4H2,1-2H3. The van der Waals surface area contributed by atoms with Crippen molar-refractivity contribution >= 4 is 31.4 Å².